The SMILES string of the molecule is CCN(CC)c1ccc(CC(CN)c2cc(F)ccc2F)cc1. The Morgan fingerprint density at radius 2 is 1.65 bits per heavy atom. The summed E-state index contributed by atoms with van der Waals surface area (Å²) in [7, 11) is 0. The van der Waals surface area contributed by atoms with Crippen LogP contribution in [0, 0.1) is 11.6 Å². The van der Waals surface area contributed by atoms with Crippen molar-refractivity contribution < 1.29 is 8.78 Å². The van der Waals surface area contributed by atoms with E-state index < -0.39 is 11.6 Å². The molecule has 2 aromatic carbocycles. The first-order valence-corrected chi connectivity index (χ1v) is 8.07. The molecular weight excluding hydrogens is 294 g/mol. The quantitative estimate of drug-likeness (QED) is 0.833. The minimum absolute atomic E-state index is 0.231. The van der Waals surface area contributed by atoms with Gasteiger partial charge in [-0.05, 0) is 68.3 Å². The first-order valence-electron chi connectivity index (χ1n) is 8.07. The molecule has 1 unspecified atom stereocenters. The van der Waals surface area contributed by atoms with Crippen molar-refractivity contribution in [1.29, 1.82) is 0 Å². The maximum atomic E-state index is 13.9. The lowest BCUT2D eigenvalue weighted by atomic mass is 9.91. The highest BCUT2D eigenvalue weighted by Gasteiger charge is 2.16. The van der Waals surface area contributed by atoms with Crippen LogP contribution in [-0.4, -0.2) is 19.6 Å². The van der Waals surface area contributed by atoms with Crippen molar-refractivity contribution in [3.8, 4) is 0 Å². The van der Waals surface area contributed by atoms with Gasteiger partial charge in [0.25, 0.3) is 0 Å². The highest BCUT2D eigenvalue weighted by Crippen LogP contribution is 2.25. The third-order valence-corrected chi connectivity index (χ3v) is 4.23. The van der Waals surface area contributed by atoms with E-state index in [4.69, 9.17) is 5.73 Å². The molecule has 0 aliphatic heterocycles. The molecule has 0 saturated carbocycles. The second-order valence-electron chi connectivity index (χ2n) is 5.64. The standard InChI is InChI=1S/C19H24F2N2/c1-3-23(4-2)17-8-5-14(6-9-17)11-15(13-22)18-12-16(20)7-10-19(18)21/h5-10,12,15H,3-4,11,13,22H2,1-2H3. The molecule has 0 saturated heterocycles. The Bertz CT molecular complexity index is 622. The van der Waals surface area contributed by atoms with Gasteiger partial charge in [-0.15, -0.1) is 0 Å². The fourth-order valence-electron chi connectivity index (χ4n) is 2.86. The van der Waals surface area contributed by atoms with Gasteiger partial charge in [-0.3, -0.25) is 0 Å². The largest absolute Gasteiger partial charge is 0.372 e. The summed E-state index contributed by atoms with van der Waals surface area (Å²) in [6.45, 7) is 6.42. The van der Waals surface area contributed by atoms with Crippen LogP contribution in [0.1, 0.15) is 30.9 Å². The molecule has 4 heteroatoms. The van der Waals surface area contributed by atoms with Gasteiger partial charge in [0.1, 0.15) is 11.6 Å². The first-order chi connectivity index (χ1) is 11.1. The van der Waals surface area contributed by atoms with Crippen molar-refractivity contribution in [3.05, 3.63) is 65.2 Å². The minimum Gasteiger partial charge on any atom is -0.372 e. The Hall–Kier alpha value is -1.94. The molecule has 2 nitrogen and oxygen atoms in total. The lowest BCUT2D eigenvalue weighted by molar-refractivity contribution is 0.557. The average molecular weight is 318 g/mol. The van der Waals surface area contributed by atoms with Gasteiger partial charge < -0.3 is 10.6 Å². The van der Waals surface area contributed by atoms with E-state index in [1.165, 1.54) is 11.8 Å². The zero-order chi connectivity index (χ0) is 16.8. The van der Waals surface area contributed by atoms with Crippen LogP contribution >= 0.6 is 0 Å². The monoisotopic (exact) mass is 318 g/mol. The summed E-state index contributed by atoms with van der Waals surface area (Å²) >= 11 is 0. The highest BCUT2D eigenvalue weighted by molar-refractivity contribution is 5.47. The van der Waals surface area contributed by atoms with Gasteiger partial charge in [-0.1, -0.05) is 12.1 Å². The number of nitrogens with zero attached hydrogens (tertiary/aromatic N) is 1. The number of rotatable bonds is 7. The first kappa shape index (κ1) is 17.4. The molecule has 0 aliphatic rings. The molecular formula is C19H24F2N2. The topological polar surface area (TPSA) is 29.3 Å². The molecule has 2 rings (SSSR count). The zero-order valence-corrected chi connectivity index (χ0v) is 13.7. The van der Waals surface area contributed by atoms with E-state index >= 15 is 0 Å². The Balaban J connectivity index is 2.17. The van der Waals surface area contributed by atoms with E-state index in [9.17, 15) is 8.78 Å². The molecule has 0 aromatic heterocycles. The molecule has 0 fully saturated rings. The Morgan fingerprint density at radius 3 is 2.22 bits per heavy atom. The number of hydrogen-bond donors (Lipinski definition) is 1. The van der Waals surface area contributed by atoms with E-state index in [1.54, 1.807) is 0 Å². The summed E-state index contributed by atoms with van der Waals surface area (Å²) in [6.07, 6.45) is 0.593. The van der Waals surface area contributed by atoms with Crippen LogP contribution in [0.25, 0.3) is 0 Å². The lowest BCUT2D eigenvalue weighted by Gasteiger charge is -2.22. The van der Waals surface area contributed by atoms with Crippen molar-refractivity contribution in [2.45, 2.75) is 26.2 Å². The summed E-state index contributed by atoms with van der Waals surface area (Å²) in [5.74, 6) is -1.07. The molecule has 23 heavy (non-hydrogen) atoms. The predicted octanol–water partition coefficient (Wildman–Crippen LogP) is 4.10. The Morgan fingerprint density at radius 1 is 1.00 bits per heavy atom. The molecule has 0 spiro atoms. The normalized spacial score (nSPS) is 12.2. The van der Waals surface area contributed by atoms with Gasteiger partial charge in [0, 0.05) is 24.7 Å². The molecule has 2 aromatic rings. The summed E-state index contributed by atoms with van der Waals surface area (Å²) in [4.78, 5) is 2.26. The van der Waals surface area contributed by atoms with Gasteiger partial charge in [-0.2, -0.15) is 0 Å². The Labute approximate surface area is 136 Å². The smallest absolute Gasteiger partial charge is 0.126 e. The van der Waals surface area contributed by atoms with Crippen molar-refractivity contribution in [1.82, 2.24) is 0 Å². The van der Waals surface area contributed by atoms with Gasteiger partial charge in [0.2, 0.25) is 0 Å². The molecule has 2 N–H and O–H groups in total. The number of anilines is 1. The fourth-order valence-corrected chi connectivity index (χ4v) is 2.86. The third-order valence-electron chi connectivity index (χ3n) is 4.23. The maximum absolute atomic E-state index is 13.9. The fraction of sp³-hybridized carbons (Fsp3) is 0.368. The van der Waals surface area contributed by atoms with Gasteiger partial charge in [0.15, 0.2) is 0 Å². The van der Waals surface area contributed by atoms with E-state index in [1.807, 2.05) is 12.1 Å². The molecule has 0 amide bonds. The highest BCUT2D eigenvalue weighted by atomic mass is 19.1. The molecule has 124 valence electrons. The summed E-state index contributed by atoms with van der Waals surface area (Å²) in [6, 6.07) is 11.7. The van der Waals surface area contributed by atoms with E-state index in [-0.39, 0.29) is 12.5 Å². The number of hydrogen-bond acceptors (Lipinski definition) is 2. The summed E-state index contributed by atoms with van der Waals surface area (Å²) < 4.78 is 27.3. The second-order valence-corrected chi connectivity index (χ2v) is 5.64. The zero-order valence-electron chi connectivity index (χ0n) is 13.7. The van der Waals surface area contributed by atoms with Crippen molar-refractivity contribution in [2.24, 2.45) is 5.73 Å². The van der Waals surface area contributed by atoms with Gasteiger partial charge in [0.05, 0.1) is 0 Å². The van der Waals surface area contributed by atoms with E-state index in [2.05, 4.69) is 30.9 Å². The lowest BCUT2D eigenvalue weighted by Crippen LogP contribution is -2.21. The number of halogens is 2. The van der Waals surface area contributed by atoms with E-state index in [0.29, 0.717) is 12.0 Å². The van der Waals surface area contributed by atoms with Gasteiger partial charge >= 0.3 is 0 Å². The maximum Gasteiger partial charge on any atom is 0.126 e. The summed E-state index contributed by atoms with van der Waals surface area (Å²) in [5, 5.41) is 0. The minimum atomic E-state index is -0.434. The molecule has 0 radical (unpaired) electrons. The molecule has 0 bridgehead atoms. The van der Waals surface area contributed by atoms with Crippen molar-refractivity contribution in [3.63, 3.8) is 0 Å². The number of nitrogens with two attached hydrogens (primary N) is 1. The average Bonchev–Trinajstić information content (AvgIpc) is 2.57. The van der Waals surface area contributed by atoms with Crippen molar-refractivity contribution >= 4 is 5.69 Å². The molecule has 1 atom stereocenters. The predicted molar refractivity (Wildman–Crippen MR) is 91.9 cm³/mol. The van der Waals surface area contributed by atoms with Crippen LogP contribution in [0.2, 0.25) is 0 Å². The van der Waals surface area contributed by atoms with Crippen LogP contribution in [0.15, 0.2) is 42.5 Å². The third kappa shape index (κ3) is 4.29. The van der Waals surface area contributed by atoms with Crippen LogP contribution in [0.5, 0.6) is 0 Å². The number of benzene rings is 2. The second kappa shape index (κ2) is 8.06. The van der Waals surface area contributed by atoms with Gasteiger partial charge in [-0.25, -0.2) is 8.78 Å². The summed E-state index contributed by atoms with van der Waals surface area (Å²) in [5.41, 5.74) is 8.38. The van der Waals surface area contributed by atoms with Crippen LogP contribution in [0.3, 0.4) is 0 Å². The van der Waals surface area contributed by atoms with Crippen LogP contribution < -0.4 is 10.6 Å². The van der Waals surface area contributed by atoms with Crippen LogP contribution in [0.4, 0.5) is 14.5 Å². The van der Waals surface area contributed by atoms with Crippen LogP contribution in [-0.2, 0) is 6.42 Å². The molecule has 0 aliphatic carbocycles. The van der Waals surface area contributed by atoms with Crippen molar-refractivity contribution in [2.75, 3.05) is 24.5 Å². The van der Waals surface area contributed by atoms with E-state index in [0.717, 1.165) is 30.8 Å². The Kier molecular flexibility index (Phi) is 6.11. The molecule has 0 heterocycles.